The Kier molecular flexibility index (Phi) is 3.74. The van der Waals surface area contributed by atoms with Gasteiger partial charge in [-0.05, 0) is 43.2 Å². The minimum Gasteiger partial charge on any atom is -0.371 e. The molecule has 2 aliphatic rings. The molecule has 0 N–H and O–H groups in total. The zero-order chi connectivity index (χ0) is 17.6. The van der Waals surface area contributed by atoms with Crippen LogP contribution in [0.5, 0.6) is 0 Å². The SMILES string of the molecule is CC1CC(c2cc(N3CCCC3)cc([N+](=O)[O-])c2)(c2nncn2C)C1. The molecule has 0 bridgehead atoms. The number of aryl methyl sites for hydroxylation is 1. The molecule has 132 valence electrons. The second-order valence-electron chi connectivity index (χ2n) is 7.55. The van der Waals surface area contributed by atoms with Gasteiger partial charge in [0.15, 0.2) is 0 Å². The van der Waals surface area contributed by atoms with Gasteiger partial charge in [0.05, 0.1) is 10.3 Å². The predicted molar refractivity (Wildman–Crippen MR) is 94.7 cm³/mol. The van der Waals surface area contributed by atoms with E-state index in [1.54, 1.807) is 18.5 Å². The smallest absolute Gasteiger partial charge is 0.271 e. The molecule has 2 fully saturated rings. The van der Waals surface area contributed by atoms with Crippen LogP contribution in [0.25, 0.3) is 0 Å². The Morgan fingerprint density at radius 1 is 1.24 bits per heavy atom. The number of hydrogen-bond acceptors (Lipinski definition) is 5. The summed E-state index contributed by atoms with van der Waals surface area (Å²) in [5.41, 5.74) is 1.85. The van der Waals surface area contributed by atoms with Crippen LogP contribution in [0.2, 0.25) is 0 Å². The number of nitro benzene ring substituents is 1. The number of aromatic nitrogens is 3. The maximum Gasteiger partial charge on any atom is 0.271 e. The third-order valence-electron chi connectivity index (χ3n) is 5.67. The van der Waals surface area contributed by atoms with Gasteiger partial charge in [0.25, 0.3) is 5.69 Å². The van der Waals surface area contributed by atoms with E-state index in [2.05, 4.69) is 28.1 Å². The third-order valence-corrected chi connectivity index (χ3v) is 5.67. The van der Waals surface area contributed by atoms with Gasteiger partial charge in [-0.25, -0.2) is 0 Å². The van der Waals surface area contributed by atoms with Gasteiger partial charge in [0.1, 0.15) is 12.2 Å². The lowest BCUT2D eigenvalue weighted by Crippen LogP contribution is -2.43. The molecule has 1 saturated carbocycles. The third kappa shape index (κ3) is 2.58. The van der Waals surface area contributed by atoms with Crippen molar-refractivity contribution in [3.8, 4) is 0 Å². The summed E-state index contributed by atoms with van der Waals surface area (Å²) in [6, 6.07) is 5.58. The molecular weight excluding hydrogens is 318 g/mol. The largest absolute Gasteiger partial charge is 0.371 e. The molecule has 1 aliphatic heterocycles. The monoisotopic (exact) mass is 341 g/mol. The standard InChI is InChI=1S/C18H23N5O2/c1-13-10-18(11-13,17-20-19-12-21(17)2)14-7-15(22-5-3-4-6-22)9-16(8-14)23(24)25/h7-9,12-13H,3-6,10-11H2,1-2H3. The predicted octanol–water partition coefficient (Wildman–Crippen LogP) is 3.04. The van der Waals surface area contributed by atoms with Gasteiger partial charge >= 0.3 is 0 Å². The van der Waals surface area contributed by atoms with Gasteiger partial charge in [-0.2, -0.15) is 0 Å². The van der Waals surface area contributed by atoms with Crippen molar-refractivity contribution in [2.75, 3.05) is 18.0 Å². The summed E-state index contributed by atoms with van der Waals surface area (Å²) in [5.74, 6) is 1.48. The molecule has 0 radical (unpaired) electrons. The van der Waals surface area contributed by atoms with Crippen molar-refractivity contribution < 1.29 is 4.92 Å². The first kappa shape index (κ1) is 16.1. The lowest BCUT2D eigenvalue weighted by molar-refractivity contribution is -0.384. The number of rotatable bonds is 4. The van der Waals surface area contributed by atoms with Gasteiger partial charge in [0, 0.05) is 38.0 Å². The van der Waals surface area contributed by atoms with Crippen LogP contribution in [0.1, 0.15) is 44.0 Å². The Morgan fingerprint density at radius 3 is 2.52 bits per heavy atom. The highest BCUT2D eigenvalue weighted by atomic mass is 16.6. The van der Waals surface area contributed by atoms with Crippen molar-refractivity contribution in [1.29, 1.82) is 0 Å². The maximum atomic E-state index is 11.5. The molecular formula is C18H23N5O2. The number of hydrogen-bond donors (Lipinski definition) is 0. The molecule has 0 atom stereocenters. The van der Waals surface area contributed by atoms with Gasteiger partial charge in [0.2, 0.25) is 0 Å². The summed E-state index contributed by atoms with van der Waals surface area (Å²) in [6.45, 7) is 4.15. The Hall–Kier alpha value is -2.44. The average molecular weight is 341 g/mol. The fraction of sp³-hybridized carbons (Fsp3) is 0.556. The van der Waals surface area contributed by atoms with Crippen LogP contribution in [0, 0.1) is 16.0 Å². The zero-order valence-electron chi connectivity index (χ0n) is 14.7. The molecule has 7 nitrogen and oxygen atoms in total. The second-order valence-corrected chi connectivity index (χ2v) is 7.55. The molecule has 0 unspecified atom stereocenters. The molecule has 7 heteroatoms. The summed E-state index contributed by atoms with van der Waals surface area (Å²) >= 11 is 0. The van der Waals surface area contributed by atoms with Gasteiger partial charge in [-0.3, -0.25) is 10.1 Å². The van der Waals surface area contributed by atoms with E-state index in [1.165, 1.54) is 0 Å². The molecule has 1 aromatic carbocycles. The Balaban J connectivity index is 1.84. The molecule has 1 aliphatic carbocycles. The molecule has 0 spiro atoms. The molecule has 0 amide bonds. The molecule has 1 saturated heterocycles. The first-order chi connectivity index (χ1) is 12.0. The van der Waals surface area contributed by atoms with E-state index < -0.39 is 0 Å². The first-order valence-corrected chi connectivity index (χ1v) is 8.89. The molecule has 2 aromatic rings. The van der Waals surface area contributed by atoms with E-state index in [9.17, 15) is 10.1 Å². The molecule has 1 aromatic heterocycles. The minimum absolute atomic E-state index is 0.167. The van der Waals surface area contributed by atoms with Crippen LogP contribution in [-0.4, -0.2) is 32.8 Å². The number of benzene rings is 1. The van der Waals surface area contributed by atoms with E-state index in [4.69, 9.17) is 0 Å². The highest BCUT2D eigenvalue weighted by Crippen LogP contribution is 2.52. The first-order valence-electron chi connectivity index (χ1n) is 8.89. The van der Waals surface area contributed by atoms with Crippen LogP contribution in [0.15, 0.2) is 24.5 Å². The lowest BCUT2D eigenvalue weighted by Gasteiger charge is -2.46. The van der Waals surface area contributed by atoms with E-state index >= 15 is 0 Å². The molecule has 25 heavy (non-hydrogen) atoms. The van der Waals surface area contributed by atoms with E-state index in [-0.39, 0.29) is 16.0 Å². The number of anilines is 1. The quantitative estimate of drug-likeness (QED) is 0.631. The number of nitro groups is 1. The van der Waals surface area contributed by atoms with E-state index in [0.717, 1.165) is 55.8 Å². The van der Waals surface area contributed by atoms with Crippen molar-refractivity contribution in [3.05, 3.63) is 46.0 Å². The van der Waals surface area contributed by atoms with Crippen LogP contribution < -0.4 is 4.90 Å². The number of nitrogens with zero attached hydrogens (tertiary/aromatic N) is 5. The Labute approximate surface area is 146 Å². The fourth-order valence-electron chi connectivity index (χ4n) is 4.53. The highest BCUT2D eigenvalue weighted by molar-refractivity contribution is 5.59. The summed E-state index contributed by atoms with van der Waals surface area (Å²) in [5, 5.41) is 19.9. The van der Waals surface area contributed by atoms with Crippen molar-refractivity contribution in [3.63, 3.8) is 0 Å². The second kappa shape index (κ2) is 5.82. The average Bonchev–Trinajstić information content (AvgIpc) is 3.23. The Morgan fingerprint density at radius 2 is 1.96 bits per heavy atom. The van der Waals surface area contributed by atoms with Crippen LogP contribution in [-0.2, 0) is 12.5 Å². The number of non-ortho nitro benzene ring substituents is 1. The van der Waals surface area contributed by atoms with Crippen molar-refractivity contribution in [1.82, 2.24) is 14.8 Å². The van der Waals surface area contributed by atoms with Crippen LogP contribution in [0.3, 0.4) is 0 Å². The van der Waals surface area contributed by atoms with Gasteiger partial charge in [-0.1, -0.05) is 6.92 Å². The zero-order valence-corrected chi connectivity index (χ0v) is 14.7. The van der Waals surface area contributed by atoms with Gasteiger partial charge < -0.3 is 9.47 Å². The normalized spacial score (nSPS) is 25.8. The summed E-state index contributed by atoms with van der Waals surface area (Å²) < 4.78 is 1.94. The fourth-order valence-corrected chi connectivity index (χ4v) is 4.53. The van der Waals surface area contributed by atoms with Crippen molar-refractivity contribution in [2.45, 2.75) is 38.0 Å². The van der Waals surface area contributed by atoms with Crippen molar-refractivity contribution in [2.24, 2.45) is 13.0 Å². The minimum atomic E-state index is -0.282. The van der Waals surface area contributed by atoms with Crippen molar-refractivity contribution >= 4 is 11.4 Å². The maximum absolute atomic E-state index is 11.5. The highest BCUT2D eigenvalue weighted by Gasteiger charge is 2.48. The molecule has 4 rings (SSSR count). The lowest BCUT2D eigenvalue weighted by atomic mass is 9.58. The van der Waals surface area contributed by atoms with Crippen LogP contribution in [0.4, 0.5) is 11.4 Å². The van der Waals surface area contributed by atoms with E-state index in [1.807, 2.05) is 11.6 Å². The van der Waals surface area contributed by atoms with Gasteiger partial charge in [-0.15, -0.1) is 10.2 Å². The molecule has 2 heterocycles. The van der Waals surface area contributed by atoms with E-state index in [0.29, 0.717) is 5.92 Å². The topological polar surface area (TPSA) is 77.1 Å². The summed E-state index contributed by atoms with van der Waals surface area (Å²) in [6.07, 6.45) is 5.88. The summed E-state index contributed by atoms with van der Waals surface area (Å²) in [4.78, 5) is 13.5. The summed E-state index contributed by atoms with van der Waals surface area (Å²) in [7, 11) is 1.94. The Bertz CT molecular complexity index is 804. The van der Waals surface area contributed by atoms with Crippen LogP contribution >= 0.6 is 0 Å².